The number of carboxylic acid groups (broad SMARTS) is 2. The van der Waals surface area contributed by atoms with Crippen molar-refractivity contribution in [1.82, 2.24) is 20.4 Å². The number of nitrogens with one attached hydrogen (secondary N) is 2. The van der Waals surface area contributed by atoms with Gasteiger partial charge in [0.1, 0.15) is 24.4 Å². The number of carbonyl (C=O) groups excluding carboxylic acids is 4. The van der Waals surface area contributed by atoms with Gasteiger partial charge in [-0.25, -0.2) is 9.59 Å². The number of ether oxygens (including phenoxy) is 8. The minimum Gasteiger partial charge on any atom is -0.480 e. The molecule has 21 heteroatoms. The van der Waals surface area contributed by atoms with Gasteiger partial charge in [0.15, 0.2) is 0 Å². The molecule has 2 aromatic rings. The van der Waals surface area contributed by atoms with Crippen LogP contribution in [0.4, 0.5) is 9.59 Å². The van der Waals surface area contributed by atoms with Gasteiger partial charge in [-0.05, 0) is 52.7 Å². The zero-order valence-corrected chi connectivity index (χ0v) is 39.5. The van der Waals surface area contributed by atoms with Gasteiger partial charge in [0, 0.05) is 33.3 Å². The van der Waals surface area contributed by atoms with Crippen molar-refractivity contribution < 1.29 is 82.0 Å². The highest BCUT2D eigenvalue weighted by molar-refractivity contribution is 5.75. The monoisotopic (exact) mass is 940 g/mol. The molecule has 0 radical (unpaired) electrons. The Morgan fingerprint density at radius 3 is 1.12 bits per heavy atom. The number of rotatable bonds is 30. The fraction of sp³-hybridized carbons (Fsp3) is 0.600. The summed E-state index contributed by atoms with van der Waals surface area (Å²) in [6.07, 6.45) is -1.00. The molecule has 0 saturated heterocycles. The number of amides is 2. The van der Waals surface area contributed by atoms with E-state index in [4.69, 9.17) is 53.2 Å². The van der Waals surface area contributed by atoms with Gasteiger partial charge in [-0.2, -0.15) is 0 Å². The van der Waals surface area contributed by atoms with Crippen LogP contribution < -0.4 is 10.6 Å². The molecule has 0 unspecified atom stereocenters. The number of hydrogen-bond donors (Lipinski definition) is 5. The second-order valence-corrected chi connectivity index (χ2v) is 15.8. The third kappa shape index (κ3) is 39.0. The van der Waals surface area contributed by atoms with Crippen molar-refractivity contribution in [3.8, 4) is 0 Å². The van der Waals surface area contributed by atoms with E-state index in [1.165, 1.54) is 4.90 Å². The Morgan fingerprint density at radius 1 is 0.485 bits per heavy atom. The average Bonchev–Trinajstić information content (AvgIpc) is 3.23. The molecule has 2 aromatic carbocycles. The Bertz CT molecular complexity index is 1550. The third-order valence-corrected chi connectivity index (χ3v) is 7.59. The molecule has 0 heterocycles. The Balaban J connectivity index is 0.00000135. The predicted molar refractivity (Wildman–Crippen MR) is 241 cm³/mol. The summed E-state index contributed by atoms with van der Waals surface area (Å²) >= 11 is 0. The third-order valence-electron chi connectivity index (χ3n) is 7.59. The molecule has 66 heavy (non-hydrogen) atoms. The molecule has 2 rings (SSSR count). The number of aliphatic carboxylic acids is 2. The maximum atomic E-state index is 12.4. The van der Waals surface area contributed by atoms with E-state index >= 15 is 0 Å². The van der Waals surface area contributed by atoms with E-state index in [-0.39, 0.29) is 65.8 Å². The van der Waals surface area contributed by atoms with Crippen LogP contribution in [0.5, 0.6) is 0 Å². The van der Waals surface area contributed by atoms with Crippen LogP contribution in [0.1, 0.15) is 52.7 Å². The maximum absolute atomic E-state index is 12.4. The molecule has 0 aliphatic rings. The summed E-state index contributed by atoms with van der Waals surface area (Å²) in [6, 6.07) is 18.7. The number of carbonyl (C=O) groups is 6. The first-order chi connectivity index (χ1) is 31.3. The molecule has 374 valence electrons. The number of nitrogens with zero attached hydrogens (tertiary/aromatic N) is 2. The predicted octanol–water partition coefficient (Wildman–Crippen LogP) is 2.96. The Kier molecular flexibility index (Phi) is 33.7. The maximum Gasteiger partial charge on any atom is 0.407 e. The lowest BCUT2D eigenvalue weighted by Gasteiger charge is -2.20. The summed E-state index contributed by atoms with van der Waals surface area (Å²) in [7, 11) is 1.00. The highest BCUT2D eigenvalue weighted by atomic mass is 16.6. The van der Waals surface area contributed by atoms with Crippen LogP contribution in [0.25, 0.3) is 0 Å². The van der Waals surface area contributed by atoms with Gasteiger partial charge in [-0.1, -0.05) is 60.7 Å². The molecular formula is C45H72N4O17. The number of alkyl carbamates (subject to hydrolysis) is 2. The quantitative estimate of drug-likeness (QED) is 0.0428. The van der Waals surface area contributed by atoms with E-state index in [1.54, 1.807) is 46.4 Å². The fourth-order valence-electron chi connectivity index (χ4n) is 4.85. The number of carboxylic acids is 2. The lowest BCUT2D eigenvalue weighted by molar-refractivity contribution is -0.150. The summed E-state index contributed by atoms with van der Waals surface area (Å²) in [5.41, 5.74) is 0.659. The number of aliphatic hydroxyl groups is 1. The second-order valence-electron chi connectivity index (χ2n) is 15.8. The Morgan fingerprint density at radius 2 is 0.803 bits per heavy atom. The Hall–Kier alpha value is -5.42. The van der Waals surface area contributed by atoms with E-state index in [2.05, 4.69) is 10.6 Å². The molecule has 0 saturated carbocycles. The average molecular weight is 941 g/mol. The summed E-state index contributed by atoms with van der Waals surface area (Å²) in [6.45, 7) is 13.6. The molecule has 0 aliphatic heterocycles. The Labute approximate surface area is 387 Å². The minimum absolute atomic E-state index is 0.0799. The number of hydrogen-bond acceptors (Lipinski definition) is 17. The highest BCUT2D eigenvalue weighted by Crippen LogP contribution is 2.07. The van der Waals surface area contributed by atoms with Gasteiger partial charge >= 0.3 is 36.1 Å². The van der Waals surface area contributed by atoms with Crippen molar-refractivity contribution in [2.24, 2.45) is 0 Å². The summed E-state index contributed by atoms with van der Waals surface area (Å²) in [5.74, 6) is -3.09. The molecule has 0 bridgehead atoms. The van der Waals surface area contributed by atoms with E-state index in [1.807, 2.05) is 60.7 Å². The summed E-state index contributed by atoms with van der Waals surface area (Å²) < 4.78 is 42.5. The molecule has 0 atom stereocenters. The number of aliphatic hydroxyl groups excluding tert-OH is 1. The van der Waals surface area contributed by atoms with Gasteiger partial charge in [0.05, 0.1) is 79.0 Å². The number of esters is 2. The molecule has 0 aliphatic carbocycles. The number of benzene rings is 2. The van der Waals surface area contributed by atoms with Crippen molar-refractivity contribution in [2.75, 3.05) is 112 Å². The zero-order chi connectivity index (χ0) is 49.6. The molecule has 0 spiro atoms. The first-order valence-electron chi connectivity index (χ1n) is 21.3. The van der Waals surface area contributed by atoms with Crippen molar-refractivity contribution in [3.63, 3.8) is 0 Å². The van der Waals surface area contributed by atoms with E-state index in [0.717, 1.165) is 18.2 Å². The lowest BCUT2D eigenvalue weighted by atomic mass is 10.2. The highest BCUT2D eigenvalue weighted by Gasteiger charge is 2.19. The minimum atomic E-state index is -1.10. The zero-order valence-electron chi connectivity index (χ0n) is 39.5. The summed E-state index contributed by atoms with van der Waals surface area (Å²) in [4.78, 5) is 71.9. The topological polar surface area (TPSA) is 267 Å². The SMILES string of the molecule is CC(C)(C)OC(=O)NCCOCCOCCN(CC(=O)O)CC(=O)O.CC(C)(C)OC(=O)NCCOCCOCCN(CC(=O)OCc1ccccc1)CC(=O)OCc1ccccc1.CO. The second kappa shape index (κ2) is 36.8. The molecule has 21 nitrogen and oxygen atoms in total. The molecule has 5 N–H and O–H groups in total. The van der Waals surface area contributed by atoms with Crippen molar-refractivity contribution in [3.05, 3.63) is 71.8 Å². The molecule has 0 aromatic heterocycles. The summed E-state index contributed by atoms with van der Waals surface area (Å²) in [5, 5.41) is 29.5. The van der Waals surface area contributed by atoms with Crippen LogP contribution in [-0.2, 0) is 70.3 Å². The van der Waals surface area contributed by atoms with Crippen LogP contribution in [0.2, 0.25) is 0 Å². The molecule has 2 amide bonds. The standard InChI is InChI=1S/C29H40N2O8.C15H28N2O8.CH4O/c1-29(2,3)39-28(34)30-14-16-35-18-19-36-17-15-31(20-26(32)37-22-24-10-6-4-7-11-24)21-27(33)38-23-25-12-8-5-9-13-25;1-15(2,3)25-14(22)16-4-6-23-8-9-24-7-5-17(10-12(18)19)11-13(20)21;1-2/h4-13H,14-23H2,1-3H3,(H,30,34);4-11H2,1-3H3,(H,16,22)(H,18,19)(H,20,21);2H,1H3. The molecule has 0 fully saturated rings. The van der Waals surface area contributed by atoms with E-state index in [9.17, 15) is 28.8 Å². The molecular weight excluding hydrogens is 869 g/mol. The van der Waals surface area contributed by atoms with Crippen LogP contribution >= 0.6 is 0 Å². The normalized spacial score (nSPS) is 11.0. The largest absolute Gasteiger partial charge is 0.480 e. The van der Waals surface area contributed by atoms with Gasteiger partial charge < -0.3 is 63.8 Å². The lowest BCUT2D eigenvalue weighted by Crippen LogP contribution is -2.38. The van der Waals surface area contributed by atoms with Crippen molar-refractivity contribution >= 4 is 36.1 Å². The van der Waals surface area contributed by atoms with Crippen LogP contribution in [0.3, 0.4) is 0 Å². The van der Waals surface area contributed by atoms with Crippen LogP contribution in [-0.4, -0.2) is 185 Å². The first kappa shape index (κ1) is 60.6. The first-order valence-corrected chi connectivity index (χ1v) is 21.3. The van der Waals surface area contributed by atoms with E-state index < -0.39 is 47.3 Å². The van der Waals surface area contributed by atoms with Gasteiger partial charge in [0.2, 0.25) is 0 Å². The van der Waals surface area contributed by atoms with Crippen molar-refractivity contribution in [2.45, 2.75) is 66.0 Å². The van der Waals surface area contributed by atoms with E-state index in [0.29, 0.717) is 52.7 Å². The smallest absolute Gasteiger partial charge is 0.407 e. The fourth-order valence-corrected chi connectivity index (χ4v) is 4.85. The van der Waals surface area contributed by atoms with Crippen molar-refractivity contribution in [1.29, 1.82) is 0 Å². The van der Waals surface area contributed by atoms with Crippen LogP contribution in [0, 0.1) is 0 Å². The van der Waals surface area contributed by atoms with Gasteiger partial charge in [-0.15, -0.1) is 0 Å². The van der Waals surface area contributed by atoms with Gasteiger partial charge in [-0.3, -0.25) is 29.0 Å². The van der Waals surface area contributed by atoms with Gasteiger partial charge in [0.25, 0.3) is 0 Å². The van der Waals surface area contributed by atoms with Crippen LogP contribution in [0.15, 0.2) is 60.7 Å².